The number of alkyl halides is 3. The van der Waals surface area contributed by atoms with E-state index in [9.17, 15) is 40.7 Å². The van der Waals surface area contributed by atoms with Gasteiger partial charge in [-0.05, 0) is 47.4 Å². The molecule has 2 aliphatic rings. The Bertz CT molecular complexity index is 2130. The molecule has 0 unspecified atom stereocenters. The van der Waals surface area contributed by atoms with Crippen molar-refractivity contribution in [3.05, 3.63) is 100 Å². The van der Waals surface area contributed by atoms with Crippen molar-refractivity contribution in [2.24, 2.45) is 0 Å². The Hall–Kier alpha value is -5.52. The molecule has 0 aliphatic carbocycles. The summed E-state index contributed by atoms with van der Waals surface area (Å²) in [6.07, 6.45) is -3.73. The van der Waals surface area contributed by atoms with Crippen LogP contribution in [0, 0.1) is 17.5 Å². The molecule has 11 nitrogen and oxygen atoms in total. The average Bonchev–Trinajstić information content (AvgIpc) is 3.70. The number of pyridine rings is 1. The number of hydrogen-bond donors (Lipinski definition) is 4. The molecule has 3 amide bonds. The number of carbonyl (C=O) groups excluding carboxylic acids is 3. The molecule has 1 spiro atoms. The number of benzene rings is 2. The van der Waals surface area contributed by atoms with E-state index < -0.39 is 65.0 Å². The molecule has 47 heavy (non-hydrogen) atoms. The third-order valence-electron chi connectivity index (χ3n) is 7.72. The lowest BCUT2D eigenvalue weighted by Gasteiger charge is -2.36. The van der Waals surface area contributed by atoms with Gasteiger partial charge in [0.15, 0.2) is 5.82 Å². The number of anilines is 2. The SMILES string of the molecule is O=C1Cn2c(C(=O)NCc3ccc(C(F)(F)F)nc3)nc(NC(=O)c3nsc4ccc(F)cc34)c2[C@@]2(CNc3c(F)cc(F)cc32)N1. The van der Waals surface area contributed by atoms with Crippen molar-refractivity contribution in [3.63, 3.8) is 0 Å². The molecular weight excluding hydrogens is 654 g/mol. The fourth-order valence-corrected chi connectivity index (χ4v) is 6.46. The third kappa shape index (κ3) is 5.09. The van der Waals surface area contributed by atoms with Crippen LogP contribution in [0.2, 0.25) is 0 Å². The number of nitrogens with one attached hydrogen (secondary N) is 4. The summed E-state index contributed by atoms with van der Waals surface area (Å²) in [6, 6.07) is 7.29. The molecule has 0 saturated carbocycles. The topological polar surface area (TPSA) is 143 Å². The van der Waals surface area contributed by atoms with E-state index in [1.54, 1.807) is 0 Å². The summed E-state index contributed by atoms with van der Waals surface area (Å²) in [5.41, 5.74) is -2.97. The number of amides is 3. The zero-order valence-electron chi connectivity index (χ0n) is 23.4. The van der Waals surface area contributed by atoms with Crippen molar-refractivity contribution in [2.45, 2.75) is 24.8 Å². The van der Waals surface area contributed by atoms with Gasteiger partial charge in [0.1, 0.15) is 40.9 Å². The van der Waals surface area contributed by atoms with Crippen LogP contribution >= 0.6 is 11.5 Å². The van der Waals surface area contributed by atoms with Crippen LogP contribution in [0.3, 0.4) is 0 Å². The number of halogens is 6. The summed E-state index contributed by atoms with van der Waals surface area (Å²) < 4.78 is 88.0. The van der Waals surface area contributed by atoms with Gasteiger partial charge in [-0.2, -0.15) is 17.5 Å². The van der Waals surface area contributed by atoms with Crippen molar-refractivity contribution >= 4 is 50.8 Å². The second kappa shape index (κ2) is 10.8. The lowest BCUT2D eigenvalue weighted by molar-refractivity contribution is -0.141. The second-order valence-corrected chi connectivity index (χ2v) is 11.5. The molecular formula is C29H18F6N8O3S. The number of aromatic nitrogens is 4. The van der Waals surface area contributed by atoms with Crippen LogP contribution in [-0.4, -0.2) is 43.2 Å². The minimum atomic E-state index is -4.66. The van der Waals surface area contributed by atoms with Crippen LogP contribution in [0.25, 0.3) is 10.1 Å². The number of nitrogens with zero attached hydrogens (tertiary/aromatic N) is 4. The van der Waals surface area contributed by atoms with Gasteiger partial charge in [0.25, 0.3) is 11.8 Å². The van der Waals surface area contributed by atoms with Gasteiger partial charge < -0.3 is 25.8 Å². The van der Waals surface area contributed by atoms with Crippen LogP contribution in [-0.2, 0) is 29.6 Å². The van der Waals surface area contributed by atoms with Crippen LogP contribution in [0.4, 0.5) is 37.8 Å². The molecule has 240 valence electrons. The lowest BCUT2D eigenvalue weighted by Crippen LogP contribution is -2.55. The van der Waals surface area contributed by atoms with Crippen LogP contribution in [0.1, 0.15) is 43.6 Å². The Balaban J connectivity index is 1.30. The Morgan fingerprint density at radius 1 is 1.04 bits per heavy atom. The molecule has 1 atom stereocenters. The molecule has 3 aromatic heterocycles. The Kier molecular flexibility index (Phi) is 6.92. The van der Waals surface area contributed by atoms with Crippen molar-refractivity contribution in [1.82, 2.24) is 29.5 Å². The summed E-state index contributed by atoms with van der Waals surface area (Å²) in [7, 11) is 0. The van der Waals surface area contributed by atoms with E-state index in [4.69, 9.17) is 0 Å². The van der Waals surface area contributed by atoms with Gasteiger partial charge in [-0.1, -0.05) is 6.07 Å². The highest BCUT2D eigenvalue weighted by Gasteiger charge is 2.51. The summed E-state index contributed by atoms with van der Waals surface area (Å²) in [5, 5.41) is 10.8. The van der Waals surface area contributed by atoms with Crippen LogP contribution < -0.4 is 21.3 Å². The zero-order valence-corrected chi connectivity index (χ0v) is 24.2. The van der Waals surface area contributed by atoms with Gasteiger partial charge in [-0.25, -0.2) is 18.2 Å². The van der Waals surface area contributed by atoms with E-state index in [-0.39, 0.29) is 52.5 Å². The summed E-state index contributed by atoms with van der Waals surface area (Å²) in [5.74, 6) is -5.60. The highest BCUT2D eigenvalue weighted by atomic mass is 32.1. The lowest BCUT2D eigenvalue weighted by atomic mass is 9.86. The molecule has 0 bridgehead atoms. The van der Waals surface area contributed by atoms with Crippen LogP contribution in [0.15, 0.2) is 48.7 Å². The maximum absolute atomic E-state index is 14.8. The highest BCUT2D eigenvalue weighted by molar-refractivity contribution is 7.13. The first-order chi connectivity index (χ1) is 22.3. The Morgan fingerprint density at radius 2 is 1.85 bits per heavy atom. The fourth-order valence-electron chi connectivity index (χ4n) is 5.71. The van der Waals surface area contributed by atoms with Crippen molar-refractivity contribution < 1.29 is 40.7 Å². The largest absolute Gasteiger partial charge is 0.433 e. The minimum absolute atomic E-state index is 0.00578. The predicted molar refractivity (Wildman–Crippen MR) is 154 cm³/mol. The van der Waals surface area contributed by atoms with Gasteiger partial charge >= 0.3 is 6.18 Å². The van der Waals surface area contributed by atoms with Crippen LogP contribution in [0.5, 0.6) is 0 Å². The monoisotopic (exact) mass is 672 g/mol. The van der Waals surface area contributed by atoms with E-state index in [0.29, 0.717) is 10.8 Å². The average molecular weight is 673 g/mol. The number of carbonyl (C=O) groups is 3. The summed E-state index contributed by atoms with van der Waals surface area (Å²) >= 11 is 0.935. The first-order valence-electron chi connectivity index (χ1n) is 13.7. The molecule has 0 saturated heterocycles. The number of rotatable bonds is 5. The molecule has 2 aliphatic heterocycles. The van der Waals surface area contributed by atoms with E-state index in [2.05, 4.69) is 35.6 Å². The smallest absolute Gasteiger partial charge is 0.379 e. The molecule has 18 heteroatoms. The van der Waals surface area contributed by atoms with Gasteiger partial charge in [0.05, 0.1) is 16.1 Å². The van der Waals surface area contributed by atoms with Gasteiger partial charge in [-0.15, -0.1) is 0 Å². The minimum Gasteiger partial charge on any atom is -0.379 e. The van der Waals surface area contributed by atoms with Gasteiger partial charge in [-0.3, -0.25) is 19.4 Å². The summed E-state index contributed by atoms with van der Waals surface area (Å²) in [6.45, 7) is -1.02. The van der Waals surface area contributed by atoms with E-state index in [1.165, 1.54) is 16.7 Å². The summed E-state index contributed by atoms with van der Waals surface area (Å²) in [4.78, 5) is 47.8. The standard InChI is InChI=1S/C29H18F6N8O3S/c30-13-2-3-18-15(5-13)21(42-47-18)26(45)40-24-23-28(11-38-22-16(28)6-14(31)7-17(22)32)41-20(44)10-43(23)25(39-24)27(46)37-9-12-1-4-19(36-8-12)29(33,34)35/h1-8,38H,9-11H2,(H,37,46)(H,40,45)(H,41,44)/t28-/m0/s1. The molecule has 0 radical (unpaired) electrons. The molecule has 0 fully saturated rings. The van der Waals surface area contributed by atoms with Crippen molar-refractivity contribution in [1.29, 1.82) is 0 Å². The molecule has 7 rings (SSSR count). The van der Waals surface area contributed by atoms with E-state index >= 15 is 0 Å². The van der Waals surface area contributed by atoms with Gasteiger partial charge in [0.2, 0.25) is 11.7 Å². The molecule has 2 aromatic carbocycles. The van der Waals surface area contributed by atoms with E-state index in [1.807, 2.05) is 0 Å². The Labute approximate surface area is 263 Å². The predicted octanol–water partition coefficient (Wildman–Crippen LogP) is 4.31. The quantitative estimate of drug-likeness (QED) is 0.204. The number of hydrogen-bond acceptors (Lipinski definition) is 8. The van der Waals surface area contributed by atoms with Crippen molar-refractivity contribution in [2.75, 3.05) is 17.2 Å². The Morgan fingerprint density at radius 3 is 2.60 bits per heavy atom. The molecule has 4 N–H and O–H groups in total. The normalized spacial score (nSPS) is 16.9. The highest BCUT2D eigenvalue weighted by Crippen LogP contribution is 2.46. The molecule has 5 heterocycles. The van der Waals surface area contributed by atoms with Crippen molar-refractivity contribution in [3.8, 4) is 0 Å². The van der Waals surface area contributed by atoms with Gasteiger partial charge in [0, 0.05) is 36.3 Å². The fraction of sp³-hybridized carbons (Fsp3) is 0.172. The maximum Gasteiger partial charge on any atom is 0.433 e. The number of fused-ring (bicyclic) bond motifs is 5. The maximum atomic E-state index is 14.8. The first-order valence-corrected chi connectivity index (χ1v) is 14.4. The third-order valence-corrected chi connectivity index (χ3v) is 8.55. The second-order valence-electron chi connectivity index (χ2n) is 10.7. The first kappa shape index (κ1) is 30.2. The van der Waals surface area contributed by atoms with E-state index in [0.717, 1.165) is 42.0 Å². The number of imidazole rings is 1. The molecule has 5 aromatic rings. The zero-order chi connectivity index (χ0) is 33.2.